The second-order valence-corrected chi connectivity index (χ2v) is 7.46. The summed E-state index contributed by atoms with van der Waals surface area (Å²) in [6.07, 6.45) is 6.84. The lowest BCUT2D eigenvalue weighted by Crippen LogP contribution is -2.20. The third kappa shape index (κ3) is 3.67. The maximum Gasteiger partial charge on any atom is 0.405 e. The lowest BCUT2D eigenvalue weighted by Gasteiger charge is -2.23. The van der Waals surface area contributed by atoms with Crippen LogP contribution in [0.2, 0.25) is 0 Å². The van der Waals surface area contributed by atoms with Crippen LogP contribution in [0.1, 0.15) is 34.3 Å². The molecule has 29 heavy (non-hydrogen) atoms. The van der Waals surface area contributed by atoms with Gasteiger partial charge < -0.3 is 10.5 Å². The average molecular weight is 385 g/mol. The highest BCUT2D eigenvalue weighted by molar-refractivity contribution is 5.86. The van der Waals surface area contributed by atoms with Crippen molar-refractivity contribution in [1.29, 1.82) is 0 Å². The molecule has 1 aliphatic rings. The zero-order valence-corrected chi connectivity index (χ0v) is 16.3. The molecule has 5 heteroatoms. The van der Waals surface area contributed by atoms with Gasteiger partial charge in [-0.15, -0.1) is 6.42 Å². The Kier molecular flexibility index (Phi) is 5.20. The van der Waals surface area contributed by atoms with Crippen molar-refractivity contribution in [1.82, 2.24) is 9.88 Å². The summed E-state index contributed by atoms with van der Waals surface area (Å²) >= 11 is 0. The number of hydrogen-bond donors (Lipinski definition) is 1. The van der Waals surface area contributed by atoms with Gasteiger partial charge >= 0.3 is 6.09 Å². The van der Waals surface area contributed by atoms with Crippen LogP contribution in [-0.2, 0) is 17.7 Å². The molecule has 2 aromatic carbocycles. The van der Waals surface area contributed by atoms with Gasteiger partial charge in [0.25, 0.3) is 0 Å². The molecule has 2 atom stereocenters. The molecule has 1 aromatic heterocycles. The molecule has 0 radical (unpaired) electrons. The van der Waals surface area contributed by atoms with Crippen molar-refractivity contribution in [3.63, 3.8) is 0 Å². The Morgan fingerprint density at radius 1 is 1.24 bits per heavy atom. The summed E-state index contributed by atoms with van der Waals surface area (Å²) in [7, 11) is 2.00. The van der Waals surface area contributed by atoms with E-state index in [2.05, 4.69) is 40.1 Å². The smallest absolute Gasteiger partial charge is 0.405 e. The van der Waals surface area contributed by atoms with Crippen LogP contribution in [0.4, 0.5) is 4.79 Å². The van der Waals surface area contributed by atoms with Crippen LogP contribution >= 0.6 is 0 Å². The van der Waals surface area contributed by atoms with E-state index >= 15 is 0 Å². The second-order valence-electron chi connectivity index (χ2n) is 7.46. The zero-order chi connectivity index (χ0) is 20.4. The lowest BCUT2D eigenvalue weighted by atomic mass is 9.90. The highest BCUT2D eigenvalue weighted by Crippen LogP contribution is 2.46. The Balaban J connectivity index is 1.78. The number of carbonyl (C=O) groups is 1. The molecule has 3 aromatic rings. The monoisotopic (exact) mass is 385 g/mol. The van der Waals surface area contributed by atoms with Crippen LogP contribution < -0.4 is 5.73 Å². The maximum atomic E-state index is 11.6. The SMILES string of the molecule is C#CCN(C)Cc1ccc(C2Cc3ccccc3C2OC(N)=O)c2ncccc12. The third-order valence-corrected chi connectivity index (χ3v) is 5.50. The van der Waals surface area contributed by atoms with E-state index in [9.17, 15) is 4.79 Å². The highest BCUT2D eigenvalue weighted by Gasteiger charge is 2.37. The first-order valence-electron chi connectivity index (χ1n) is 9.61. The molecule has 4 rings (SSSR count). The van der Waals surface area contributed by atoms with Gasteiger partial charge in [-0.25, -0.2) is 4.79 Å². The minimum atomic E-state index is -0.763. The highest BCUT2D eigenvalue weighted by atomic mass is 16.6. The maximum absolute atomic E-state index is 11.6. The van der Waals surface area contributed by atoms with Gasteiger partial charge in [0.05, 0.1) is 12.1 Å². The predicted octanol–water partition coefficient (Wildman–Crippen LogP) is 3.78. The summed E-state index contributed by atoms with van der Waals surface area (Å²) in [5.74, 6) is 2.64. The Hall–Kier alpha value is -3.36. The zero-order valence-electron chi connectivity index (χ0n) is 16.3. The lowest BCUT2D eigenvalue weighted by molar-refractivity contribution is 0.0964. The summed E-state index contributed by atoms with van der Waals surface area (Å²) in [6.45, 7) is 1.31. The molecule has 2 N–H and O–H groups in total. The second kappa shape index (κ2) is 7.94. The number of aromatic nitrogens is 1. The molecule has 0 spiro atoms. The summed E-state index contributed by atoms with van der Waals surface area (Å²) in [5, 5.41) is 1.09. The number of pyridine rings is 1. The molecule has 1 amide bonds. The third-order valence-electron chi connectivity index (χ3n) is 5.50. The number of primary amides is 1. The first kappa shape index (κ1) is 19.0. The Bertz CT molecular complexity index is 1100. The van der Waals surface area contributed by atoms with Crippen molar-refractivity contribution in [3.05, 3.63) is 77.0 Å². The molecular weight excluding hydrogens is 362 g/mol. The van der Waals surface area contributed by atoms with Gasteiger partial charge in [-0.3, -0.25) is 9.88 Å². The molecule has 0 saturated heterocycles. The number of benzene rings is 2. The van der Waals surface area contributed by atoms with Gasteiger partial charge in [0, 0.05) is 24.0 Å². The van der Waals surface area contributed by atoms with Crippen molar-refractivity contribution in [2.24, 2.45) is 5.73 Å². The average Bonchev–Trinajstić information content (AvgIpc) is 3.06. The predicted molar refractivity (Wildman–Crippen MR) is 113 cm³/mol. The van der Waals surface area contributed by atoms with Gasteiger partial charge in [-0.05, 0) is 41.8 Å². The van der Waals surface area contributed by atoms with Gasteiger partial charge in [0.1, 0.15) is 6.10 Å². The van der Waals surface area contributed by atoms with Crippen LogP contribution in [0.5, 0.6) is 0 Å². The molecule has 0 bridgehead atoms. The number of fused-ring (bicyclic) bond motifs is 2. The van der Waals surface area contributed by atoms with Crippen molar-refractivity contribution in [2.45, 2.75) is 25.0 Å². The largest absolute Gasteiger partial charge is 0.441 e. The van der Waals surface area contributed by atoms with Crippen molar-refractivity contribution < 1.29 is 9.53 Å². The number of amides is 1. The number of nitrogens with two attached hydrogens (primary N) is 1. The van der Waals surface area contributed by atoms with E-state index in [4.69, 9.17) is 16.9 Å². The number of nitrogens with zero attached hydrogens (tertiary/aromatic N) is 2. The molecule has 1 heterocycles. The van der Waals surface area contributed by atoms with Crippen LogP contribution in [0.25, 0.3) is 10.9 Å². The van der Waals surface area contributed by atoms with E-state index in [0.29, 0.717) is 6.54 Å². The fourth-order valence-electron chi connectivity index (χ4n) is 4.30. The molecule has 2 unspecified atom stereocenters. The van der Waals surface area contributed by atoms with Gasteiger partial charge in [0.15, 0.2) is 0 Å². The molecule has 0 fully saturated rings. The van der Waals surface area contributed by atoms with Crippen molar-refractivity contribution in [2.75, 3.05) is 13.6 Å². The summed E-state index contributed by atoms with van der Waals surface area (Å²) < 4.78 is 5.56. The first-order chi connectivity index (χ1) is 14.1. The Morgan fingerprint density at radius 2 is 2.07 bits per heavy atom. The van der Waals surface area contributed by atoms with Gasteiger partial charge in [0.2, 0.25) is 0 Å². The van der Waals surface area contributed by atoms with Crippen molar-refractivity contribution >= 4 is 17.0 Å². The van der Waals surface area contributed by atoms with Crippen LogP contribution in [0.15, 0.2) is 54.7 Å². The molecular formula is C24H23N3O2. The summed E-state index contributed by atoms with van der Waals surface area (Å²) in [6, 6.07) is 16.3. The number of terminal acetylenes is 1. The number of hydrogen-bond acceptors (Lipinski definition) is 4. The quantitative estimate of drug-likeness (QED) is 0.679. The fourth-order valence-corrected chi connectivity index (χ4v) is 4.30. The van der Waals surface area contributed by atoms with E-state index in [1.807, 2.05) is 31.3 Å². The van der Waals surface area contributed by atoms with Crippen molar-refractivity contribution in [3.8, 4) is 12.3 Å². The standard InChI is InChI=1S/C24H23N3O2/c1-3-13-27(2)15-17-10-11-20(22-18(17)9-6-12-26-22)21-14-16-7-4-5-8-19(16)23(21)29-24(25)28/h1,4-12,21,23H,13-15H2,2H3,(H2,25,28). The van der Waals surface area contributed by atoms with Crippen LogP contribution in [-0.4, -0.2) is 29.6 Å². The molecule has 5 nitrogen and oxygen atoms in total. The first-order valence-corrected chi connectivity index (χ1v) is 9.61. The van der Waals surface area contributed by atoms with Gasteiger partial charge in [-0.2, -0.15) is 0 Å². The Morgan fingerprint density at radius 3 is 2.86 bits per heavy atom. The van der Waals surface area contributed by atoms with E-state index < -0.39 is 12.2 Å². The number of ether oxygens (including phenoxy) is 1. The summed E-state index contributed by atoms with van der Waals surface area (Å²) in [4.78, 5) is 18.4. The van der Waals surface area contributed by atoms with E-state index in [-0.39, 0.29) is 5.92 Å². The molecule has 0 saturated carbocycles. The van der Waals surface area contributed by atoms with E-state index in [1.54, 1.807) is 6.20 Å². The minimum absolute atomic E-state index is 0.0326. The summed E-state index contributed by atoms with van der Waals surface area (Å²) in [5.41, 5.74) is 10.7. The topological polar surface area (TPSA) is 68.5 Å². The van der Waals surface area contributed by atoms with Gasteiger partial charge in [-0.1, -0.05) is 48.4 Å². The minimum Gasteiger partial charge on any atom is -0.441 e. The number of rotatable bonds is 5. The van der Waals surface area contributed by atoms with Crippen LogP contribution in [0, 0.1) is 12.3 Å². The molecule has 146 valence electrons. The van der Waals surface area contributed by atoms with E-state index in [1.165, 1.54) is 5.56 Å². The Labute approximate surface area is 170 Å². The van der Waals surface area contributed by atoms with E-state index in [0.717, 1.165) is 40.6 Å². The van der Waals surface area contributed by atoms with Crippen LogP contribution in [0.3, 0.4) is 0 Å². The normalized spacial score (nSPS) is 17.8. The fraction of sp³-hybridized carbons (Fsp3) is 0.250. The number of carbonyl (C=O) groups excluding carboxylic acids is 1. The molecule has 1 aliphatic carbocycles. The molecule has 0 aliphatic heterocycles.